The Kier molecular flexibility index (Phi) is 5.65. The van der Waals surface area contributed by atoms with Gasteiger partial charge in [0.25, 0.3) is 12.3 Å². The van der Waals surface area contributed by atoms with Crippen LogP contribution in [0.15, 0.2) is 42.5 Å². The summed E-state index contributed by atoms with van der Waals surface area (Å²) in [5.41, 5.74) is 0.933. The molecular formula is C24H27N3O6. The Morgan fingerprint density at radius 3 is 2.61 bits per heavy atom. The van der Waals surface area contributed by atoms with E-state index in [0.29, 0.717) is 30.4 Å². The molecule has 174 valence electrons. The highest BCUT2D eigenvalue weighted by Gasteiger charge is 2.51. The molecule has 0 spiro atoms. The van der Waals surface area contributed by atoms with Crippen molar-refractivity contribution in [3.63, 3.8) is 0 Å². The van der Waals surface area contributed by atoms with Gasteiger partial charge in [0, 0.05) is 6.54 Å². The van der Waals surface area contributed by atoms with Crippen molar-refractivity contribution in [1.82, 2.24) is 15.0 Å². The molecule has 4 bridgehead atoms. The fourth-order valence-corrected chi connectivity index (χ4v) is 5.66. The van der Waals surface area contributed by atoms with Crippen molar-refractivity contribution in [2.45, 2.75) is 44.9 Å². The Morgan fingerprint density at radius 2 is 1.91 bits per heavy atom. The van der Waals surface area contributed by atoms with Gasteiger partial charge >= 0.3 is 12.0 Å². The number of carbonyl (C=O) groups is 4. The minimum atomic E-state index is -0.869. The number of hydroxylamine groups is 4. The normalized spacial score (nSPS) is 31.7. The molecule has 5 rings (SSSR count). The first-order chi connectivity index (χ1) is 16.0. The summed E-state index contributed by atoms with van der Waals surface area (Å²) in [4.78, 5) is 62.8. The summed E-state index contributed by atoms with van der Waals surface area (Å²) in [6.45, 7) is 2.56. The summed E-state index contributed by atoms with van der Waals surface area (Å²) in [6, 6.07) is 8.07. The van der Waals surface area contributed by atoms with Gasteiger partial charge in [-0.05, 0) is 42.6 Å². The molecule has 1 aromatic carbocycles. The Hall–Kier alpha value is -3.20. The molecule has 0 aromatic heterocycles. The predicted octanol–water partition coefficient (Wildman–Crippen LogP) is 2.29. The van der Waals surface area contributed by atoms with Crippen LogP contribution in [0.5, 0.6) is 0 Å². The average molecular weight is 453 g/mol. The largest absolute Gasteiger partial charge is 0.355 e. The SMILES string of the molecule is CC1C(C(=O)N(C=O)OC(=O)[C@@H]2CCC3CN2C(=O)N3OCc2ccccc2)[C@@H]2C=C[C@H]1C2. The van der Waals surface area contributed by atoms with Crippen LogP contribution in [0.1, 0.15) is 31.7 Å². The lowest BCUT2D eigenvalue weighted by molar-refractivity contribution is -0.203. The molecule has 2 saturated heterocycles. The summed E-state index contributed by atoms with van der Waals surface area (Å²) in [6.07, 6.45) is 6.17. The zero-order valence-corrected chi connectivity index (χ0v) is 18.4. The number of hydrogen-bond acceptors (Lipinski definition) is 6. The average Bonchev–Trinajstić information content (AvgIpc) is 3.49. The highest BCUT2D eigenvalue weighted by molar-refractivity contribution is 5.91. The van der Waals surface area contributed by atoms with Gasteiger partial charge in [-0.15, -0.1) is 5.06 Å². The maximum absolute atomic E-state index is 13.0. The maximum atomic E-state index is 13.0. The first kappa shape index (κ1) is 21.6. The second kappa shape index (κ2) is 8.62. The van der Waals surface area contributed by atoms with Crippen molar-refractivity contribution >= 4 is 24.3 Å². The monoisotopic (exact) mass is 453 g/mol. The molecule has 3 fully saturated rings. The lowest BCUT2D eigenvalue weighted by Crippen LogP contribution is -2.49. The lowest BCUT2D eigenvalue weighted by Gasteiger charge is -2.30. The van der Waals surface area contributed by atoms with Crippen LogP contribution in [0.3, 0.4) is 0 Å². The molecular weight excluding hydrogens is 426 g/mol. The van der Waals surface area contributed by atoms with Crippen molar-refractivity contribution < 1.29 is 28.9 Å². The van der Waals surface area contributed by atoms with Gasteiger partial charge in [-0.3, -0.25) is 14.4 Å². The number of carbonyl (C=O) groups excluding carboxylic acids is 4. The molecule has 6 atom stereocenters. The number of piperidine rings is 1. The van der Waals surface area contributed by atoms with Crippen LogP contribution in [0, 0.1) is 23.7 Å². The van der Waals surface area contributed by atoms with Gasteiger partial charge in [-0.25, -0.2) is 9.59 Å². The van der Waals surface area contributed by atoms with E-state index in [1.54, 1.807) is 0 Å². The first-order valence-electron chi connectivity index (χ1n) is 11.4. The standard InChI is InChI=1S/C24H27N3O6/c1-15-17-7-8-18(11-17)21(15)22(29)26(14-28)33-23(30)20-10-9-19-12-25(20)24(31)27(19)32-13-16-5-3-2-4-6-16/h2-8,14-15,17-21H,9-13H2,1H3/t15?,17-,18+,19?,20-,21?/m0/s1. The third-order valence-corrected chi connectivity index (χ3v) is 7.45. The molecule has 4 aliphatic rings. The molecule has 9 nitrogen and oxygen atoms in total. The molecule has 4 amide bonds. The zero-order chi connectivity index (χ0) is 23.1. The number of imide groups is 1. The van der Waals surface area contributed by atoms with Gasteiger partial charge < -0.3 is 9.74 Å². The van der Waals surface area contributed by atoms with E-state index in [0.717, 1.165) is 12.0 Å². The number of fused-ring (bicyclic) bond motifs is 4. The quantitative estimate of drug-likeness (QED) is 0.373. The van der Waals surface area contributed by atoms with Crippen molar-refractivity contribution in [1.29, 1.82) is 0 Å². The smallest absolute Gasteiger partial charge is 0.328 e. The van der Waals surface area contributed by atoms with Crippen LogP contribution < -0.4 is 0 Å². The topological polar surface area (TPSA) is 96.5 Å². The third-order valence-electron chi connectivity index (χ3n) is 7.45. The van der Waals surface area contributed by atoms with Crippen molar-refractivity contribution in [2.75, 3.05) is 6.54 Å². The van der Waals surface area contributed by atoms with Crippen LogP contribution in [0.2, 0.25) is 0 Å². The first-order valence-corrected chi connectivity index (χ1v) is 11.4. The van der Waals surface area contributed by atoms with Gasteiger partial charge in [-0.1, -0.05) is 49.4 Å². The van der Waals surface area contributed by atoms with E-state index in [4.69, 9.17) is 9.68 Å². The van der Waals surface area contributed by atoms with E-state index >= 15 is 0 Å². The van der Waals surface area contributed by atoms with E-state index < -0.39 is 23.9 Å². The Morgan fingerprint density at radius 1 is 1.15 bits per heavy atom. The van der Waals surface area contributed by atoms with Crippen LogP contribution in [-0.2, 0) is 30.7 Å². The van der Waals surface area contributed by atoms with Crippen molar-refractivity contribution in [2.24, 2.45) is 23.7 Å². The number of allylic oxidation sites excluding steroid dienone is 2. The summed E-state index contributed by atoms with van der Waals surface area (Å²) in [5.74, 6) is -1.21. The number of urea groups is 1. The molecule has 0 radical (unpaired) electrons. The summed E-state index contributed by atoms with van der Waals surface area (Å²) in [7, 11) is 0. The fourth-order valence-electron chi connectivity index (χ4n) is 5.66. The van der Waals surface area contributed by atoms with Gasteiger partial charge in [0.2, 0.25) is 0 Å². The summed E-state index contributed by atoms with van der Waals surface area (Å²) < 4.78 is 0. The zero-order valence-electron chi connectivity index (χ0n) is 18.4. The third kappa shape index (κ3) is 3.80. The molecule has 9 heteroatoms. The fraction of sp³-hybridized carbons (Fsp3) is 0.500. The number of rotatable bonds is 6. The highest BCUT2D eigenvalue weighted by Crippen LogP contribution is 2.48. The summed E-state index contributed by atoms with van der Waals surface area (Å²) in [5, 5.41) is 1.85. The van der Waals surface area contributed by atoms with Crippen LogP contribution in [-0.4, -0.2) is 58.0 Å². The van der Waals surface area contributed by atoms with Crippen LogP contribution in [0.4, 0.5) is 4.79 Å². The number of hydrogen-bond donors (Lipinski definition) is 0. The second-order valence-electron chi connectivity index (χ2n) is 9.28. The number of nitrogens with zero attached hydrogens (tertiary/aromatic N) is 3. The Bertz CT molecular complexity index is 982. The predicted molar refractivity (Wildman–Crippen MR) is 114 cm³/mol. The molecule has 2 aliphatic heterocycles. The Labute approximate surface area is 191 Å². The van der Waals surface area contributed by atoms with E-state index in [9.17, 15) is 19.2 Å². The van der Waals surface area contributed by atoms with Gasteiger partial charge in [0.1, 0.15) is 12.6 Å². The van der Waals surface area contributed by atoms with Gasteiger partial charge in [0.15, 0.2) is 0 Å². The molecule has 2 aliphatic carbocycles. The van der Waals surface area contributed by atoms with E-state index in [1.165, 1.54) is 9.96 Å². The minimum Gasteiger partial charge on any atom is -0.328 e. The molecule has 33 heavy (non-hydrogen) atoms. The van der Waals surface area contributed by atoms with Crippen LogP contribution in [0.25, 0.3) is 0 Å². The van der Waals surface area contributed by atoms with E-state index in [1.807, 2.05) is 43.3 Å². The second-order valence-corrected chi connectivity index (χ2v) is 9.28. The Balaban J connectivity index is 1.21. The van der Waals surface area contributed by atoms with Gasteiger partial charge in [0.05, 0.1) is 12.0 Å². The number of benzene rings is 1. The molecule has 2 heterocycles. The molecule has 0 N–H and O–H groups in total. The summed E-state index contributed by atoms with van der Waals surface area (Å²) >= 11 is 0. The molecule has 1 saturated carbocycles. The van der Waals surface area contributed by atoms with Crippen molar-refractivity contribution in [3.05, 3.63) is 48.0 Å². The van der Waals surface area contributed by atoms with Crippen molar-refractivity contribution in [3.8, 4) is 0 Å². The molecule has 1 aromatic rings. The van der Waals surface area contributed by atoms with E-state index in [-0.39, 0.29) is 36.8 Å². The van der Waals surface area contributed by atoms with E-state index in [2.05, 4.69) is 6.08 Å². The lowest BCUT2D eigenvalue weighted by atomic mass is 9.84. The minimum absolute atomic E-state index is 0.0598. The maximum Gasteiger partial charge on any atom is 0.355 e. The van der Waals surface area contributed by atoms with Crippen LogP contribution >= 0.6 is 0 Å². The molecule has 3 unspecified atom stereocenters. The number of amides is 4. The van der Waals surface area contributed by atoms with Gasteiger partial charge in [-0.2, -0.15) is 5.06 Å². The highest BCUT2D eigenvalue weighted by atomic mass is 16.7.